The van der Waals surface area contributed by atoms with Crippen LogP contribution in [-0.2, 0) is 16.0 Å². The van der Waals surface area contributed by atoms with Crippen LogP contribution in [0.4, 0.5) is 0 Å². The molecule has 1 atom stereocenters. The van der Waals surface area contributed by atoms with E-state index < -0.39 is 0 Å². The summed E-state index contributed by atoms with van der Waals surface area (Å²) in [7, 11) is 0. The molecule has 4 nitrogen and oxygen atoms in total. The van der Waals surface area contributed by atoms with E-state index in [9.17, 15) is 4.79 Å². The molecule has 1 aromatic rings. The van der Waals surface area contributed by atoms with E-state index in [4.69, 9.17) is 4.74 Å². The highest BCUT2D eigenvalue weighted by atomic mass is 16.5. The lowest BCUT2D eigenvalue weighted by Crippen LogP contribution is -2.41. The third-order valence-corrected chi connectivity index (χ3v) is 4.30. The Labute approximate surface area is 133 Å². The number of carbonyl (C=O) groups is 1. The van der Waals surface area contributed by atoms with Gasteiger partial charge in [0.05, 0.1) is 13.2 Å². The van der Waals surface area contributed by atoms with Crippen LogP contribution in [0.3, 0.4) is 0 Å². The summed E-state index contributed by atoms with van der Waals surface area (Å²) in [4.78, 5) is 14.4. The number of nitrogens with one attached hydrogen (secondary N) is 1. The summed E-state index contributed by atoms with van der Waals surface area (Å²) in [6.07, 6.45) is 1.60. The lowest BCUT2D eigenvalue weighted by molar-refractivity contribution is -0.121. The number of aryl methyl sites for hydroxylation is 1. The van der Waals surface area contributed by atoms with Gasteiger partial charge in [-0.05, 0) is 23.5 Å². The Hall–Kier alpha value is -1.39. The van der Waals surface area contributed by atoms with Crippen molar-refractivity contribution < 1.29 is 9.53 Å². The predicted molar refractivity (Wildman–Crippen MR) is 89.1 cm³/mol. The topological polar surface area (TPSA) is 41.6 Å². The first-order valence-corrected chi connectivity index (χ1v) is 8.34. The van der Waals surface area contributed by atoms with E-state index in [0.717, 1.165) is 45.8 Å². The fourth-order valence-electron chi connectivity index (χ4n) is 2.73. The number of nitrogens with zero attached hydrogens (tertiary/aromatic N) is 1. The number of morpholine rings is 1. The minimum atomic E-state index is 0.139. The normalized spacial score (nSPS) is 17.2. The van der Waals surface area contributed by atoms with Crippen molar-refractivity contribution in [2.45, 2.75) is 32.6 Å². The average molecular weight is 304 g/mol. The molecular weight excluding hydrogens is 276 g/mol. The zero-order valence-electron chi connectivity index (χ0n) is 13.8. The molecule has 0 saturated carbocycles. The van der Waals surface area contributed by atoms with E-state index in [0.29, 0.717) is 6.42 Å². The van der Waals surface area contributed by atoms with Crippen molar-refractivity contribution in [2.75, 3.05) is 39.4 Å². The van der Waals surface area contributed by atoms with E-state index in [2.05, 4.69) is 48.3 Å². The Balaban J connectivity index is 1.68. The molecule has 122 valence electrons. The second-order valence-electron chi connectivity index (χ2n) is 6.00. The molecule has 1 aliphatic heterocycles. The van der Waals surface area contributed by atoms with Gasteiger partial charge in [0.25, 0.3) is 0 Å². The standard InChI is InChI=1S/C18H28N2O2/c1-3-16-4-6-17(7-5-16)15(2)14-18(21)19-8-9-20-10-12-22-13-11-20/h4-7,15H,3,8-14H2,1-2H3,(H,19,21). The lowest BCUT2D eigenvalue weighted by Gasteiger charge is -2.26. The second kappa shape index (κ2) is 8.91. The number of hydrogen-bond acceptors (Lipinski definition) is 3. The second-order valence-corrected chi connectivity index (χ2v) is 6.00. The molecule has 1 fully saturated rings. The number of carbonyl (C=O) groups excluding carboxylic acids is 1. The van der Waals surface area contributed by atoms with Gasteiger partial charge in [-0.25, -0.2) is 0 Å². The number of rotatable bonds is 7. The van der Waals surface area contributed by atoms with Crippen molar-refractivity contribution in [1.29, 1.82) is 0 Å². The fourth-order valence-corrected chi connectivity index (χ4v) is 2.73. The Morgan fingerprint density at radius 1 is 1.27 bits per heavy atom. The van der Waals surface area contributed by atoms with Crippen molar-refractivity contribution in [2.24, 2.45) is 0 Å². The maximum absolute atomic E-state index is 12.0. The monoisotopic (exact) mass is 304 g/mol. The van der Waals surface area contributed by atoms with E-state index >= 15 is 0 Å². The number of ether oxygens (including phenoxy) is 1. The van der Waals surface area contributed by atoms with Crippen LogP contribution in [0.2, 0.25) is 0 Å². The number of benzene rings is 1. The van der Waals surface area contributed by atoms with Crippen LogP contribution in [-0.4, -0.2) is 50.2 Å². The van der Waals surface area contributed by atoms with Gasteiger partial charge in [-0.2, -0.15) is 0 Å². The van der Waals surface area contributed by atoms with Crippen LogP contribution in [0.25, 0.3) is 0 Å². The first-order valence-electron chi connectivity index (χ1n) is 8.34. The smallest absolute Gasteiger partial charge is 0.220 e. The highest BCUT2D eigenvalue weighted by Crippen LogP contribution is 2.19. The van der Waals surface area contributed by atoms with Crippen LogP contribution in [0.15, 0.2) is 24.3 Å². The number of amides is 1. The van der Waals surface area contributed by atoms with Gasteiger partial charge in [0.15, 0.2) is 0 Å². The summed E-state index contributed by atoms with van der Waals surface area (Å²) in [5.74, 6) is 0.398. The van der Waals surface area contributed by atoms with Gasteiger partial charge in [0, 0.05) is 32.6 Å². The molecule has 0 aliphatic carbocycles. The van der Waals surface area contributed by atoms with E-state index in [1.165, 1.54) is 11.1 Å². The van der Waals surface area contributed by atoms with E-state index in [1.807, 2.05) is 0 Å². The molecule has 2 rings (SSSR count). The highest BCUT2D eigenvalue weighted by Gasteiger charge is 2.13. The van der Waals surface area contributed by atoms with Gasteiger partial charge in [0.1, 0.15) is 0 Å². The van der Waals surface area contributed by atoms with Crippen LogP contribution >= 0.6 is 0 Å². The quantitative estimate of drug-likeness (QED) is 0.839. The van der Waals surface area contributed by atoms with Crippen LogP contribution < -0.4 is 5.32 Å². The molecule has 1 unspecified atom stereocenters. The minimum absolute atomic E-state index is 0.139. The molecule has 0 spiro atoms. The minimum Gasteiger partial charge on any atom is -0.379 e. The van der Waals surface area contributed by atoms with Crippen LogP contribution in [0.1, 0.15) is 37.3 Å². The van der Waals surface area contributed by atoms with Crippen LogP contribution in [0.5, 0.6) is 0 Å². The summed E-state index contributed by atoms with van der Waals surface area (Å²) in [5, 5.41) is 3.03. The number of hydrogen-bond donors (Lipinski definition) is 1. The molecule has 1 N–H and O–H groups in total. The summed E-state index contributed by atoms with van der Waals surface area (Å²) < 4.78 is 5.32. The molecule has 1 heterocycles. The van der Waals surface area contributed by atoms with Gasteiger partial charge in [-0.3, -0.25) is 9.69 Å². The average Bonchev–Trinajstić information content (AvgIpc) is 2.56. The van der Waals surface area contributed by atoms with Crippen molar-refractivity contribution in [1.82, 2.24) is 10.2 Å². The Bertz CT molecular complexity index is 453. The molecule has 1 saturated heterocycles. The molecular formula is C18H28N2O2. The summed E-state index contributed by atoms with van der Waals surface area (Å²) in [5.41, 5.74) is 2.58. The third-order valence-electron chi connectivity index (χ3n) is 4.30. The van der Waals surface area contributed by atoms with E-state index in [-0.39, 0.29) is 11.8 Å². The fraction of sp³-hybridized carbons (Fsp3) is 0.611. The molecule has 1 amide bonds. The third kappa shape index (κ3) is 5.43. The highest BCUT2D eigenvalue weighted by molar-refractivity contribution is 5.76. The lowest BCUT2D eigenvalue weighted by atomic mass is 9.96. The van der Waals surface area contributed by atoms with Gasteiger partial charge >= 0.3 is 0 Å². The van der Waals surface area contributed by atoms with Gasteiger partial charge in [0.2, 0.25) is 5.91 Å². The molecule has 4 heteroatoms. The molecule has 1 aliphatic rings. The maximum atomic E-state index is 12.0. The maximum Gasteiger partial charge on any atom is 0.220 e. The first kappa shape index (κ1) is 17.0. The molecule has 0 aromatic heterocycles. The van der Waals surface area contributed by atoms with Crippen LogP contribution in [0, 0.1) is 0 Å². The molecule has 0 bridgehead atoms. The van der Waals surface area contributed by atoms with Gasteiger partial charge in [-0.15, -0.1) is 0 Å². The molecule has 22 heavy (non-hydrogen) atoms. The Morgan fingerprint density at radius 3 is 2.59 bits per heavy atom. The van der Waals surface area contributed by atoms with Crippen molar-refractivity contribution >= 4 is 5.91 Å². The predicted octanol–water partition coefficient (Wildman–Crippen LogP) is 2.19. The zero-order valence-corrected chi connectivity index (χ0v) is 13.8. The summed E-state index contributed by atoms with van der Waals surface area (Å²) in [6, 6.07) is 8.60. The summed E-state index contributed by atoms with van der Waals surface area (Å²) >= 11 is 0. The SMILES string of the molecule is CCc1ccc(C(C)CC(=O)NCCN2CCOCC2)cc1. The molecule has 1 aromatic carbocycles. The van der Waals surface area contributed by atoms with Gasteiger partial charge < -0.3 is 10.1 Å². The largest absolute Gasteiger partial charge is 0.379 e. The van der Waals surface area contributed by atoms with E-state index in [1.54, 1.807) is 0 Å². The zero-order chi connectivity index (χ0) is 15.8. The summed E-state index contributed by atoms with van der Waals surface area (Å²) in [6.45, 7) is 9.45. The molecule has 0 radical (unpaired) electrons. The first-order chi connectivity index (χ1) is 10.7. The van der Waals surface area contributed by atoms with Crippen molar-refractivity contribution in [3.63, 3.8) is 0 Å². The van der Waals surface area contributed by atoms with Gasteiger partial charge in [-0.1, -0.05) is 38.1 Å². The Kier molecular flexibility index (Phi) is 6.87. The van der Waals surface area contributed by atoms with Crippen molar-refractivity contribution in [3.8, 4) is 0 Å². The Morgan fingerprint density at radius 2 is 1.95 bits per heavy atom. The van der Waals surface area contributed by atoms with Crippen molar-refractivity contribution in [3.05, 3.63) is 35.4 Å².